The number of carbonyl (C=O) groups is 1. The Morgan fingerprint density at radius 1 is 1.25 bits per heavy atom. The van der Waals surface area contributed by atoms with E-state index in [1.807, 2.05) is 6.92 Å². The molecule has 0 aromatic heterocycles. The van der Waals surface area contributed by atoms with Gasteiger partial charge in [-0.25, -0.2) is 13.1 Å². The Labute approximate surface area is 121 Å². The lowest BCUT2D eigenvalue weighted by Crippen LogP contribution is -2.38. The molecule has 1 aromatic carbocycles. The molecule has 0 radical (unpaired) electrons. The monoisotopic (exact) mass is 298 g/mol. The van der Waals surface area contributed by atoms with Gasteiger partial charge in [-0.2, -0.15) is 0 Å². The number of carbonyl (C=O) groups excluding carboxylic acids is 1. The van der Waals surface area contributed by atoms with E-state index in [0.29, 0.717) is 18.7 Å². The average Bonchev–Trinajstić information content (AvgIpc) is 2.37. The van der Waals surface area contributed by atoms with Crippen LogP contribution in [0.4, 0.5) is 0 Å². The van der Waals surface area contributed by atoms with E-state index in [1.165, 1.54) is 6.92 Å². The van der Waals surface area contributed by atoms with Gasteiger partial charge in [0.2, 0.25) is 15.9 Å². The van der Waals surface area contributed by atoms with Gasteiger partial charge in [0.15, 0.2) is 0 Å². The fourth-order valence-electron chi connectivity index (χ4n) is 1.95. The van der Waals surface area contributed by atoms with Gasteiger partial charge in [0.25, 0.3) is 0 Å². The van der Waals surface area contributed by atoms with Crippen molar-refractivity contribution in [3.63, 3.8) is 0 Å². The fourth-order valence-corrected chi connectivity index (χ4v) is 3.21. The highest BCUT2D eigenvalue weighted by molar-refractivity contribution is 7.89. The smallest absolute Gasteiger partial charge is 0.240 e. The first kappa shape index (κ1) is 16.7. The molecule has 112 valence electrons. The largest absolute Gasteiger partial charge is 0.342 e. The molecule has 0 fully saturated rings. The Kier molecular flexibility index (Phi) is 6.16. The maximum absolute atomic E-state index is 12.1. The third-order valence-electron chi connectivity index (χ3n) is 3.00. The summed E-state index contributed by atoms with van der Waals surface area (Å²) in [6.45, 7) is 6.47. The van der Waals surface area contributed by atoms with Crippen LogP contribution in [-0.4, -0.2) is 38.9 Å². The molecule has 0 heterocycles. The number of benzene rings is 1. The van der Waals surface area contributed by atoms with Crippen molar-refractivity contribution < 1.29 is 13.2 Å². The quantitative estimate of drug-likeness (QED) is 0.830. The molecule has 5 nitrogen and oxygen atoms in total. The van der Waals surface area contributed by atoms with Crippen molar-refractivity contribution in [3.8, 4) is 0 Å². The number of sulfonamides is 1. The van der Waals surface area contributed by atoms with Gasteiger partial charge in [-0.05, 0) is 25.0 Å². The molecule has 0 aliphatic heterocycles. The minimum Gasteiger partial charge on any atom is -0.342 e. The molecule has 0 saturated carbocycles. The van der Waals surface area contributed by atoms with E-state index in [9.17, 15) is 13.2 Å². The van der Waals surface area contributed by atoms with Crippen molar-refractivity contribution in [3.05, 3.63) is 29.8 Å². The third-order valence-corrected chi connectivity index (χ3v) is 4.62. The molecular formula is C14H22N2O3S. The summed E-state index contributed by atoms with van der Waals surface area (Å²) in [6, 6.07) is 6.83. The lowest BCUT2D eigenvalue weighted by molar-refractivity contribution is -0.128. The number of nitrogens with zero attached hydrogens (tertiary/aromatic N) is 1. The van der Waals surface area contributed by atoms with Gasteiger partial charge < -0.3 is 4.90 Å². The summed E-state index contributed by atoms with van der Waals surface area (Å²) in [4.78, 5) is 13.3. The van der Waals surface area contributed by atoms with Crippen LogP contribution in [0.3, 0.4) is 0 Å². The topological polar surface area (TPSA) is 66.5 Å². The van der Waals surface area contributed by atoms with Crippen LogP contribution in [0.1, 0.15) is 25.8 Å². The zero-order valence-electron chi connectivity index (χ0n) is 12.2. The Hall–Kier alpha value is -1.40. The summed E-state index contributed by atoms with van der Waals surface area (Å²) in [5.74, 6) is -0.0399. The molecule has 1 aromatic rings. The average molecular weight is 298 g/mol. The van der Waals surface area contributed by atoms with Crippen LogP contribution in [0, 0.1) is 6.92 Å². The minimum atomic E-state index is -3.52. The van der Waals surface area contributed by atoms with E-state index in [-0.39, 0.29) is 17.3 Å². The van der Waals surface area contributed by atoms with Crippen molar-refractivity contribution in [2.24, 2.45) is 0 Å². The zero-order chi connectivity index (χ0) is 15.2. The molecule has 0 spiro atoms. The summed E-state index contributed by atoms with van der Waals surface area (Å²) >= 11 is 0. The van der Waals surface area contributed by atoms with Crippen LogP contribution in [-0.2, 0) is 14.8 Å². The Balaban J connectivity index is 2.65. The number of hydrogen-bond acceptors (Lipinski definition) is 3. The van der Waals surface area contributed by atoms with Crippen molar-refractivity contribution in [1.29, 1.82) is 0 Å². The van der Waals surface area contributed by atoms with Gasteiger partial charge in [-0.1, -0.05) is 25.1 Å². The summed E-state index contributed by atoms with van der Waals surface area (Å²) < 4.78 is 26.8. The summed E-state index contributed by atoms with van der Waals surface area (Å²) in [6.07, 6.45) is 0.851. The third kappa shape index (κ3) is 4.61. The summed E-state index contributed by atoms with van der Waals surface area (Å²) in [5.41, 5.74) is 0.706. The molecular weight excluding hydrogens is 276 g/mol. The standard InChI is InChI=1S/C14H22N2O3S/c1-4-10-16(13(3)17)11-9-15-20(18,19)14-8-6-5-7-12(14)2/h5-8,15H,4,9-11H2,1-3H3. The maximum atomic E-state index is 12.1. The molecule has 1 N–H and O–H groups in total. The predicted molar refractivity (Wildman–Crippen MR) is 78.9 cm³/mol. The van der Waals surface area contributed by atoms with Crippen LogP contribution < -0.4 is 4.72 Å². The van der Waals surface area contributed by atoms with Crippen molar-refractivity contribution >= 4 is 15.9 Å². The molecule has 20 heavy (non-hydrogen) atoms. The van der Waals surface area contributed by atoms with Gasteiger partial charge in [0.1, 0.15) is 0 Å². The predicted octanol–water partition coefficient (Wildman–Crippen LogP) is 1.53. The van der Waals surface area contributed by atoms with Crippen LogP contribution in [0.25, 0.3) is 0 Å². The Morgan fingerprint density at radius 3 is 2.45 bits per heavy atom. The first-order valence-corrected chi connectivity index (χ1v) is 8.17. The van der Waals surface area contributed by atoms with E-state index in [1.54, 1.807) is 36.1 Å². The van der Waals surface area contributed by atoms with Gasteiger partial charge in [0.05, 0.1) is 4.90 Å². The van der Waals surface area contributed by atoms with Crippen LogP contribution >= 0.6 is 0 Å². The molecule has 6 heteroatoms. The van der Waals surface area contributed by atoms with Crippen LogP contribution in [0.5, 0.6) is 0 Å². The second kappa shape index (κ2) is 7.40. The molecule has 0 aliphatic rings. The highest BCUT2D eigenvalue weighted by atomic mass is 32.2. The van der Waals surface area contributed by atoms with Crippen LogP contribution in [0.15, 0.2) is 29.2 Å². The lowest BCUT2D eigenvalue weighted by Gasteiger charge is -2.20. The van der Waals surface area contributed by atoms with Gasteiger partial charge in [0, 0.05) is 26.6 Å². The van der Waals surface area contributed by atoms with E-state index in [0.717, 1.165) is 6.42 Å². The fraction of sp³-hybridized carbons (Fsp3) is 0.500. The number of nitrogens with one attached hydrogen (secondary N) is 1. The molecule has 0 saturated heterocycles. The number of hydrogen-bond donors (Lipinski definition) is 1. The first-order valence-electron chi connectivity index (χ1n) is 6.69. The first-order chi connectivity index (χ1) is 9.38. The normalized spacial score (nSPS) is 11.3. The highest BCUT2D eigenvalue weighted by Crippen LogP contribution is 2.13. The van der Waals surface area contributed by atoms with Crippen molar-refractivity contribution in [2.75, 3.05) is 19.6 Å². The lowest BCUT2D eigenvalue weighted by atomic mass is 10.2. The minimum absolute atomic E-state index is 0.0399. The molecule has 0 aliphatic carbocycles. The second-order valence-corrected chi connectivity index (χ2v) is 6.40. The Morgan fingerprint density at radius 2 is 1.90 bits per heavy atom. The maximum Gasteiger partial charge on any atom is 0.240 e. The van der Waals surface area contributed by atoms with Crippen LogP contribution in [0.2, 0.25) is 0 Å². The molecule has 1 amide bonds. The highest BCUT2D eigenvalue weighted by Gasteiger charge is 2.16. The number of rotatable bonds is 7. The van der Waals surface area contributed by atoms with E-state index < -0.39 is 10.0 Å². The van der Waals surface area contributed by atoms with E-state index >= 15 is 0 Å². The molecule has 1 rings (SSSR count). The Bertz CT molecular complexity index is 555. The number of amides is 1. The zero-order valence-corrected chi connectivity index (χ0v) is 13.0. The summed E-state index contributed by atoms with van der Waals surface area (Å²) in [5, 5.41) is 0. The van der Waals surface area contributed by atoms with Gasteiger partial charge in [-0.15, -0.1) is 0 Å². The summed E-state index contributed by atoms with van der Waals surface area (Å²) in [7, 11) is -3.52. The van der Waals surface area contributed by atoms with E-state index in [2.05, 4.69) is 4.72 Å². The molecule has 0 atom stereocenters. The van der Waals surface area contributed by atoms with Crippen molar-refractivity contribution in [2.45, 2.75) is 32.1 Å². The second-order valence-electron chi connectivity index (χ2n) is 4.67. The van der Waals surface area contributed by atoms with Gasteiger partial charge in [-0.3, -0.25) is 4.79 Å². The SMILES string of the molecule is CCCN(CCNS(=O)(=O)c1ccccc1C)C(C)=O. The van der Waals surface area contributed by atoms with E-state index in [4.69, 9.17) is 0 Å². The van der Waals surface area contributed by atoms with Gasteiger partial charge >= 0.3 is 0 Å². The molecule has 0 bridgehead atoms. The molecule has 0 unspecified atom stereocenters. The number of aryl methyl sites for hydroxylation is 1. The van der Waals surface area contributed by atoms with Crippen molar-refractivity contribution in [1.82, 2.24) is 9.62 Å².